The van der Waals surface area contributed by atoms with E-state index >= 15 is 0 Å². The molecule has 0 spiro atoms. The van der Waals surface area contributed by atoms with E-state index in [0.29, 0.717) is 18.7 Å². The summed E-state index contributed by atoms with van der Waals surface area (Å²) < 4.78 is 15.5. The highest BCUT2D eigenvalue weighted by Gasteiger charge is 2.38. The highest BCUT2D eigenvalue weighted by molar-refractivity contribution is 5.93. The average Bonchev–Trinajstić information content (AvgIpc) is 3.54. The molecule has 4 aromatic carbocycles. The molecule has 0 bridgehead atoms. The fourth-order valence-electron chi connectivity index (χ4n) is 6.15. The summed E-state index contributed by atoms with van der Waals surface area (Å²) in [5.74, 6) is -0.107. The molecule has 236 valence electrons. The number of rotatable bonds is 9. The van der Waals surface area contributed by atoms with Crippen molar-refractivity contribution in [1.82, 2.24) is 19.9 Å². The Morgan fingerprint density at radius 3 is 2.45 bits per heavy atom. The van der Waals surface area contributed by atoms with Gasteiger partial charge < -0.3 is 24.5 Å². The molecule has 0 aliphatic carbocycles. The van der Waals surface area contributed by atoms with E-state index in [2.05, 4.69) is 69.2 Å². The van der Waals surface area contributed by atoms with E-state index in [1.54, 1.807) is 24.5 Å². The van der Waals surface area contributed by atoms with Gasteiger partial charge in [0, 0.05) is 30.4 Å². The van der Waals surface area contributed by atoms with Crippen molar-refractivity contribution in [3.8, 4) is 11.1 Å². The minimum atomic E-state index is -0.573. The molecule has 6 aromatic rings. The summed E-state index contributed by atoms with van der Waals surface area (Å²) in [7, 11) is 0. The Bertz CT molecular complexity index is 1960. The van der Waals surface area contributed by atoms with Gasteiger partial charge in [-0.3, -0.25) is 9.78 Å². The molecule has 1 saturated heterocycles. The van der Waals surface area contributed by atoms with Gasteiger partial charge in [0.05, 0.1) is 48.3 Å². The normalized spacial score (nSPS) is 19.4. The number of aliphatic hydroxyl groups is 1. The van der Waals surface area contributed by atoms with Gasteiger partial charge in [0.15, 0.2) is 6.29 Å². The first-order chi connectivity index (χ1) is 23.1. The molecule has 1 aliphatic rings. The van der Waals surface area contributed by atoms with Crippen molar-refractivity contribution in [3.63, 3.8) is 0 Å². The van der Waals surface area contributed by atoms with E-state index < -0.39 is 6.29 Å². The number of carbonyl (C=O) groups is 1. The molecule has 47 heavy (non-hydrogen) atoms. The molecule has 2 N–H and O–H groups in total. The number of aromatic nitrogens is 3. The van der Waals surface area contributed by atoms with Crippen LogP contribution in [0.1, 0.15) is 51.9 Å². The number of carbonyl (C=O) groups excluding carboxylic acids is 1. The fraction of sp³-hybridized carbons (Fsp3) is 0.205. The van der Waals surface area contributed by atoms with Crippen LogP contribution in [0.5, 0.6) is 0 Å². The fourth-order valence-corrected chi connectivity index (χ4v) is 6.15. The molecule has 0 radical (unpaired) electrons. The van der Waals surface area contributed by atoms with E-state index in [4.69, 9.17) is 9.47 Å². The lowest BCUT2D eigenvalue weighted by Crippen LogP contribution is -2.39. The lowest BCUT2D eigenvalue weighted by molar-refractivity contribution is -0.276. The zero-order chi connectivity index (χ0) is 32.2. The van der Waals surface area contributed by atoms with Gasteiger partial charge in [-0.05, 0) is 58.1 Å². The van der Waals surface area contributed by atoms with Crippen molar-refractivity contribution in [2.75, 3.05) is 0 Å². The lowest BCUT2D eigenvalue weighted by atomic mass is 9.90. The molecule has 0 unspecified atom stereocenters. The number of imidazole rings is 1. The molecule has 1 amide bonds. The molecule has 2 aromatic heterocycles. The van der Waals surface area contributed by atoms with Crippen molar-refractivity contribution >= 4 is 16.9 Å². The van der Waals surface area contributed by atoms with Gasteiger partial charge in [0.25, 0.3) is 5.91 Å². The summed E-state index contributed by atoms with van der Waals surface area (Å²) in [6, 6.07) is 36.0. The van der Waals surface area contributed by atoms with Crippen LogP contribution in [0.2, 0.25) is 0 Å². The van der Waals surface area contributed by atoms with Crippen LogP contribution in [0.3, 0.4) is 0 Å². The number of para-hydroxylation sites is 2. The summed E-state index contributed by atoms with van der Waals surface area (Å²) in [4.78, 5) is 21.1. The maximum Gasteiger partial charge on any atom is 0.253 e. The van der Waals surface area contributed by atoms with E-state index in [0.717, 1.165) is 44.4 Å². The molecule has 0 saturated carbocycles. The van der Waals surface area contributed by atoms with Crippen LogP contribution in [-0.4, -0.2) is 31.7 Å². The maximum atomic E-state index is 12.5. The predicted octanol–water partition coefficient (Wildman–Crippen LogP) is 7.01. The number of nitrogens with one attached hydrogen (secondary N) is 1. The summed E-state index contributed by atoms with van der Waals surface area (Å²) >= 11 is 0. The number of benzene rings is 4. The first-order valence-corrected chi connectivity index (χ1v) is 15.8. The number of ether oxygens (including phenoxy) is 2. The summed E-state index contributed by atoms with van der Waals surface area (Å²) in [6.07, 6.45) is 4.16. The maximum absolute atomic E-state index is 12.5. The first kappa shape index (κ1) is 30.5. The minimum absolute atomic E-state index is 0.00127. The topological polar surface area (TPSA) is 98.5 Å². The third-order valence-electron chi connectivity index (χ3n) is 8.85. The smallest absolute Gasteiger partial charge is 0.253 e. The summed E-state index contributed by atoms with van der Waals surface area (Å²) in [6.45, 7) is 3.21. The highest BCUT2D eigenvalue weighted by Crippen LogP contribution is 2.42. The number of pyridine rings is 1. The zero-order valence-electron chi connectivity index (χ0n) is 26.1. The Morgan fingerprint density at radius 2 is 1.66 bits per heavy atom. The van der Waals surface area contributed by atoms with Crippen LogP contribution >= 0.6 is 0 Å². The number of hydrogen-bond donors (Lipinski definition) is 2. The van der Waals surface area contributed by atoms with Crippen LogP contribution in [-0.2, 0) is 29.2 Å². The minimum Gasteiger partial charge on any atom is -0.392 e. The van der Waals surface area contributed by atoms with Crippen molar-refractivity contribution < 1.29 is 19.4 Å². The van der Waals surface area contributed by atoms with Crippen molar-refractivity contribution in [3.05, 3.63) is 156 Å². The van der Waals surface area contributed by atoms with Crippen molar-refractivity contribution in [2.24, 2.45) is 5.92 Å². The monoisotopic (exact) mass is 624 g/mol. The van der Waals surface area contributed by atoms with Gasteiger partial charge >= 0.3 is 0 Å². The third-order valence-corrected chi connectivity index (χ3v) is 8.85. The predicted molar refractivity (Wildman–Crippen MR) is 180 cm³/mol. The second-order valence-electron chi connectivity index (χ2n) is 12.0. The van der Waals surface area contributed by atoms with Crippen molar-refractivity contribution in [1.29, 1.82) is 0 Å². The van der Waals surface area contributed by atoms with Gasteiger partial charge in [-0.25, -0.2) is 4.98 Å². The van der Waals surface area contributed by atoms with Crippen LogP contribution < -0.4 is 5.32 Å². The quantitative estimate of drug-likeness (QED) is 0.180. The second-order valence-corrected chi connectivity index (χ2v) is 12.0. The van der Waals surface area contributed by atoms with Gasteiger partial charge in [0.2, 0.25) is 0 Å². The number of amides is 1. The summed E-state index contributed by atoms with van der Waals surface area (Å²) in [5.41, 5.74) is 8.50. The zero-order valence-corrected chi connectivity index (χ0v) is 26.1. The molecule has 1 aliphatic heterocycles. The van der Waals surface area contributed by atoms with Gasteiger partial charge in [-0.15, -0.1) is 0 Å². The molecule has 1 fully saturated rings. The highest BCUT2D eigenvalue weighted by atomic mass is 16.7. The SMILES string of the molecule is C[C@H]1[C@@H](Cn2cnc3ccccc32)O[C@@H](c2ccc(-c3cccc(CNC(=O)c4cccnc4)c3)cc2)O[C@H]1c1ccc(CO)cc1. The van der Waals surface area contributed by atoms with Crippen LogP contribution in [0.15, 0.2) is 128 Å². The van der Waals surface area contributed by atoms with E-state index in [9.17, 15) is 9.90 Å². The molecule has 8 nitrogen and oxygen atoms in total. The third kappa shape index (κ3) is 6.71. The molecule has 7 rings (SSSR count). The van der Waals surface area contributed by atoms with Crippen LogP contribution in [0.25, 0.3) is 22.2 Å². The Hall–Kier alpha value is -5.15. The second kappa shape index (κ2) is 13.7. The Balaban J connectivity index is 1.11. The first-order valence-electron chi connectivity index (χ1n) is 15.8. The number of hydrogen-bond acceptors (Lipinski definition) is 6. The lowest BCUT2D eigenvalue weighted by Gasteiger charge is -2.41. The number of aliphatic hydroxyl groups excluding tert-OH is 1. The van der Waals surface area contributed by atoms with Crippen molar-refractivity contribution in [2.45, 2.75) is 45.1 Å². The van der Waals surface area contributed by atoms with Gasteiger partial charge in [-0.2, -0.15) is 0 Å². The molecule has 8 heteroatoms. The molecular formula is C39H36N4O4. The molecular weight excluding hydrogens is 588 g/mol. The average molecular weight is 625 g/mol. The van der Waals surface area contributed by atoms with Gasteiger partial charge in [0.1, 0.15) is 0 Å². The largest absolute Gasteiger partial charge is 0.392 e. The Labute approximate surface area is 273 Å². The number of fused-ring (bicyclic) bond motifs is 1. The van der Waals surface area contributed by atoms with E-state index in [-0.39, 0.29) is 30.6 Å². The standard InChI is InChI=1S/C39H36N4O4/c1-26-36(23-43-25-42-34-9-2-3-10-35(34)43)46-39(47-37(26)30-13-11-27(24-44)12-14-30)31-17-15-29(16-18-31)32-7-4-6-28(20-32)21-41-38(45)33-8-5-19-40-22-33/h2-20,22,25-26,36-37,39,44H,21,23-24H2,1H3,(H,41,45)/t26-,36+,37+,39+/m0/s1. The van der Waals surface area contributed by atoms with E-state index in [1.165, 1.54) is 0 Å². The summed E-state index contributed by atoms with van der Waals surface area (Å²) in [5, 5.41) is 12.6. The number of nitrogens with zero attached hydrogens (tertiary/aromatic N) is 3. The van der Waals surface area contributed by atoms with Gasteiger partial charge in [-0.1, -0.05) is 85.8 Å². The molecule has 3 heterocycles. The van der Waals surface area contributed by atoms with Crippen LogP contribution in [0, 0.1) is 5.92 Å². The molecule has 4 atom stereocenters. The van der Waals surface area contributed by atoms with E-state index in [1.807, 2.05) is 60.9 Å². The Morgan fingerprint density at radius 1 is 0.851 bits per heavy atom. The Kier molecular flexibility index (Phi) is 8.88. The van der Waals surface area contributed by atoms with Crippen LogP contribution in [0.4, 0.5) is 0 Å².